The molecule has 24 heavy (non-hydrogen) atoms. The van der Waals surface area contributed by atoms with Gasteiger partial charge in [-0.2, -0.15) is 13.2 Å². The van der Waals surface area contributed by atoms with E-state index in [0.29, 0.717) is 16.5 Å². The first kappa shape index (κ1) is 17.9. The van der Waals surface area contributed by atoms with Crippen molar-refractivity contribution in [3.05, 3.63) is 64.7 Å². The van der Waals surface area contributed by atoms with Crippen LogP contribution in [0.1, 0.15) is 11.1 Å². The van der Waals surface area contributed by atoms with Crippen molar-refractivity contribution in [3.8, 4) is 5.75 Å². The highest BCUT2D eigenvalue weighted by Gasteiger charge is 2.30. The molecule has 2 aromatic rings. The average molecular weight is 356 g/mol. The van der Waals surface area contributed by atoms with E-state index in [1.165, 1.54) is 31.4 Å². The summed E-state index contributed by atoms with van der Waals surface area (Å²) < 4.78 is 43.0. The minimum absolute atomic E-state index is 0.262. The van der Waals surface area contributed by atoms with E-state index >= 15 is 0 Å². The number of carbonyl (C=O) groups excluding carboxylic acids is 1. The van der Waals surface area contributed by atoms with Gasteiger partial charge in [0.1, 0.15) is 5.75 Å². The van der Waals surface area contributed by atoms with E-state index in [4.69, 9.17) is 16.3 Å². The van der Waals surface area contributed by atoms with Gasteiger partial charge in [-0.3, -0.25) is 4.79 Å². The predicted molar refractivity (Wildman–Crippen MR) is 87.1 cm³/mol. The van der Waals surface area contributed by atoms with E-state index in [2.05, 4.69) is 5.32 Å². The summed E-state index contributed by atoms with van der Waals surface area (Å²) in [5.41, 5.74) is -0.150. The molecule has 3 nitrogen and oxygen atoms in total. The highest BCUT2D eigenvalue weighted by molar-refractivity contribution is 6.31. The Morgan fingerprint density at radius 2 is 1.96 bits per heavy atom. The van der Waals surface area contributed by atoms with Gasteiger partial charge in [-0.15, -0.1) is 0 Å². The quantitative estimate of drug-likeness (QED) is 0.782. The van der Waals surface area contributed by atoms with Crippen LogP contribution in [-0.2, 0) is 11.0 Å². The number of halogens is 4. The normalized spacial score (nSPS) is 11.5. The van der Waals surface area contributed by atoms with Crippen molar-refractivity contribution < 1.29 is 22.7 Å². The lowest BCUT2D eigenvalue weighted by molar-refractivity contribution is -0.137. The molecule has 0 aliphatic heterocycles. The Hall–Kier alpha value is -2.47. The van der Waals surface area contributed by atoms with Gasteiger partial charge in [-0.05, 0) is 42.0 Å². The fourth-order valence-electron chi connectivity index (χ4n) is 1.94. The molecule has 2 aromatic carbocycles. The summed E-state index contributed by atoms with van der Waals surface area (Å²) in [6.45, 7) is 0. The molecule has 0 fully saturated rings. The lowest BCUT2D eigenvalue weighted by Crippen LogP contribution is -2.09. The van der Waals surface area contributed by atoms with Crippen molar-refractivity contribution >= 4 is 29.3 Å². The molecule has 0 saturated heterocycles. The van der Waals surface area contributed by atoms with Crippen LogP contribution in [0.4, 0.5) is 18.9 Å². The van der Waals surface area contributed by atoms with Crippen LogP contribution in [0.15, 0.2) is 48.5 Å². The fourth-order valence-corrected chi connectivity index (χ4v) is 2.11. The zero-order chi connectivity index (χ0) is 17.7. The van der Waals surface area contributed by atoms with Crippen molar-refractivity contribution in [2.45, 2.75) is 6.18 Å². The predicted octanol–water partition coefficient (Wildman–Crippen LogP) is 5.02. The topological polar surface area (TPSA) is 38.3 Å². The molecule has 0 aliphatic carbocycles. The molecule has 0 heterocycles. The number of carbonyl (C=O) groups is 1. The summed E-state index contributed by atoms with van der Waals surface area (Å²) in [7, 11) is 1.44. The molecule has 1 N–H and O–H groups in total. The van der Waals surface area contributed by atoms with E-state index < -0.39 is 17.6 Å². The number of hydrogen-bond donors (Lipinski definition) is 1. The molecular formula is C17H13ClF3NO2. The second-order valence-electron chi connectivity index (χ2n) is 4.79. The third-order valence-electron chi connectivity index (χ3n) is 3.06. The van der Waals surface area contributed by atoms with E-state index in [9.17, 15) is 18.0 Å². The van der Waals surface area contributed by atoms with Crippen molar-refractivity contribution in [1.82, 2.24) is 0 Å². The van der Waals surface area contributed by atoms with Crippen LogP contribution in [0.2, 0.25) is 5.02 Å². The van der Waals surface area contributed by atoms with E-state index in [-0.39, 0.29) is 5.56 Å². The third-order valence-corrected chi connectivity index (χ3v) is 3.30. The molecule has 0 unspecified atom stereocenters. The Bertz CT molecular complexity index is 773. The second-order valence-corrected chi connectivity index (χ2v) is 5.23. The molecule has 0 bridgehead atoms. The molecule has 7 heteroatoms. The van der Waals surface area contributed by atoms with Gasteiger partial charge in [-0.1, -0.05) is 23.7 Å². The fraction of sp³-hybridized carbons (Fsp3) is 0.118. The number of methoxy groups -OCH3 is 1. The largest absolute Gasteiger partial charge is 0.495 e. The Kier molecular flexibility index (Phi) is 5.51. The van der Waals surface area contributed by atoms with Gasteiger partial charge in [0.15, 0.2) is 0 Å². The number of amides is 1. The Balaban J connectivity index is 2.13. The van der Waals surface area contributed by atoms with Gasteiger partial charge < -0.3 is 10.1 Å². The lowest BCUT2D eigenvalue weighted by Gasteiger charge is -2.09. The smallest absolute Gasteiger partial charge is 0.416 e. The summed E-state index contributed by atoms with van der Waals surface area (Å²) >= 11 is 5.86. The van der Waals surface area contributed by atoms with Gasteiger partial charge in [-0.25, -0.2) is 0 Å². The Labute approximate surface area is 141 Å². The minimum Gasteiger partial charge on any atom is -0.495 e. The van der Waals surface area contributed by atoms with Gasteiger partial charge >= 0.3 is 6.18 Å². The summed E-state index contributed by atoms with van der Waals surface area (Å²) in [5, 5.41) is 2.97. The second kappa shape index (κ2) is 7.40. The van der Waals surface area contributed by atoms with Crippen molar-refractivity contribution in [3.63, 3.8) is 0 Å². The summed E-state index contributed by atoms with van der Waals surface area (Å²) in [6, 6.07) is 9.39. The highest BCUT2D eigenvalue weighted by atomic mass is 35.5. The van der Waals surface area contributed by atoms with Crippen molar-refractivity contribution in [1.29, 1.82) is 0 Å². The maximum Gasteiger partial charge on any atom is 0.416 e. The van der Waals surface area contributed by atoms with E-state index in [0.717, 1.165) is 18.2 Å². The molecule has 0 aliphatic rings. The first-order valence-electron chi connectivity index (χ1n) is 6.79. The number of benzene rings is 2. The molecule has 0 radical (unpaired) electrons. The first-order valence-corrected chi connectivity index (χ1v) is 7.17. The Morgan fingerprint density at radius 3 is 2.62 bits per heavy atom. The van der Waals surface area contributed by atoms with Crippen LogP contribution in [0.3, 0.4) is 0 Å². The van der Waals surface area contributed by atoms with E-state index in [1.54, 1.807) is 12.1 Å². The molecule has 0 spiro atoms. The van der Waals surface area contributed by atoms with Crippen LogP contribution in [0.25, 0.3) is 6.08 Å². The highest BCUT2D eigenvalue weighted by Crippen LogP contribution is 2.30. The third kappa shape index (κ3) is 4.76. The zero-order valence-corrected chi connectivity index (χ0v) is 13.3. The van der Waals surface area contributed by atoms with Crippen LogP contribution in [0, 0.1) is 0 Å². The Morgan fingerprint density at radius 1 is 1.21 bits per heavy atom. The molecular weight excluding hydrogens is 343 g/mol. The first-order chi connectivity index (χ1) is 11.3. The number of rotatable bonds is 4. The van der Waals surface area contributed by atoms with E-state index in [1.807, 2.05) is 0 Å². The SMILES string of the molecule is COc1ccc(Cl)cc1NC(=O)C=Cc1cccc(C(F)(F)F)c1. The van der Waals surface area contributed by atoms with Gasteiger partial charge in [0, 0.05) is 11.1 Å². The number of nitrogens with one attached hydrogen (secondary N) is 1. The molecule has 126 valence electrons. The van der Waals surface area contributed by atoms with Crippen LogP contribution < -0.4 is 10.1 Å². The average Bonchev–Trinajstić information content (AvgIpc) is 2.53. The van der Waals surface area contributed by atoms with Gasteiger partial charge in [0.2, 0.25) is 5.91 Å². The number of anilines is 1. The number of alkyl halides is 3. The standard InChI is InChI=1S/C17H13ClF3NO2/c1-24-15-7-6-13(18)10-14(15)22-16(23)8-5-11-3-2-4-12(9-11)17(19,20)21/h2-10H,1H3,(H,22,23). The maximum atomic E-state index is 12.6. The van der Waals surface area contributed by atoms with Crippen molar-refractivity contribution in [2.24, 2.45) is 0 Å². The molecule has 0 saturated carbocycles. The molecule has 2 rings (SSSR count). The molecule has 0 aromatic heterocycles. The lowest BCUT2D eigenvalue weighted by atomic mass is 10.1. The summed E-state index contributed by atoms with van der Waals surface area (Å²) in [6.07, 6.45) is -2.00. The monoisotopic (exact) mass is 355 g/mol. The zero-order valence-electron chi connectivity index (χ0n) is 12.5. The van der Waals surface area contributed by atoms with Crippen LogP contribution in [-0.4, -0.2) is 13.0 Å². The molecule has 0 atom stereocenters. The van der Waals surface area contributed by atoms with Crippen LogP contribution >= 0.6 is 11.6 Å². The summed E-state index contributed by atoms with van der Waals surface area (Å²) in [4.78, 5) is 11.9. The minimum atomic E-state index is -4.43. The van der Waals surface area contributed by atoms with Gasteiger partial charge in [0.25, 0.3) is 0 Å². The summed E-state index contributed by atoms with van der Waals surface area (Å²) in [5.74, 6) is -0.104. The number of hydrogen-bond acceptors (Lipinski definition) is 2. The van der Waals surface area contributed by atoms with Crippen molar-refractivity contribution in [2.75, 3.05) is 12.4 Å². The maximum absolute atomic E-state index is 12.6. The van der Waals surface area contributed by atoms with Crippen LogP contribution in [0.5, 0.6) is 5.75 Å². The number of ether oxygens (including phenoxy) is 1. The van der Waals surface area contributed by atoms with Gasteiger partial charge in [0.05, 0.1) is 18.4 Å². The molecule has 1 amide bonds.